The first-order valence-corrected chi connectivity index (χ1v) is 6.53. The van der Waals surface area contributed by atoms with Crippen molar-refractivity contribution in [3.8, 4) is 0 Å². The fraction of sp³-hybridized carbons (Fsp3) is 0.143. The Morgan fingerprint density at radius 1 is 1.20 bits per heavy atom. The van der Waals surface area contributed by atoms with E-state index in [0.29, 0.717) is 35.2 Å². The van der Waals surface area contributed by atoms with Crippen molar-refractivity contribution in [2.45, 2.75) is 0 Å². The van der Waals surface area contributed by atoms with Crippen LogP contribution in [0.2, 0.25) is 5.02 Å². The number of nitrogen functional groups attached to an aromatic ring is 1. The average Bonchev–Trinajstić information content (AvgIpc) is 2.46. The molecule has 0 aliphatic carbocycles. The van der Waals surface area contributed by atoms with Gasteiger partial charge >= 0.3 is 0 Å². The minimum absolute atomic E-state index is 0.192. The van der Waals surface area contributed by atoms with Gasteiger partial charge in [0.25, 0.3) is 5.91 Å². The van der Waals surface area contributed by atoms with Crippen LogP contribution in [0.4, 0.5) is 11.5 Å². The first-order valence-electron chi connectivity index (χ1n) is 6.15. The van der Waals surface area contributed by atoms with Gasteiger partial charge in [0, 0.05) is 13.1 Å². The maximum atomic E-state index is 11.9. The third kappa shape index (κ3) is 3.86. The van der Waals surface area contributed by atoms with Crippen LogP contribution in [-0.2, 0) is 0 Å². The van der Waals surface area contributed by atoms with Crippen LogP contribution < -0.4 is 16.4 Å². The summed E-state index contributed by atoms with van der Waals surface area (Å²) >= 11 is 5.94. The number of hydrogen-bond donors (Lipinski definition) is 3. The minimum Gasteiger partial charge on any atom is -0.397 e. The molecule has 104 valence electrons. The van der Waals surface area contributed by atoms with Gasteiger partial charge in [0.2, 0.25) is 0 Å². The van der Waals surface area contributed by atoms with Crippen molar-refractivity contribution in [1.29, 1.82) is 0 Å². The number of nitrogens with two attached hydrogens (primary N) is 1. The molecule has 0 aliphatic rings. The first-order chi connectivity index (χ1) is 9.66. The summed E-state index contributed by atoms with van der Waals surface area (Å²) in [5.41, 5.74) is 6.63. The van der Waals surface area contributed by atoms with Gasteiger partial charge in [-0.25, -0.2) is 4.98 Å². The highest BCUT2D eigenvalue weighted by Crippen LogP contribution is 2.14. The third-order valence-corrected chi connectivity index (χ3v) is 2.95. The van der Waals surface area contributed by atoms with Crippen molar-refractivity contribution >= 4 is 29.0 Å². The van der Waals surface area contributed by atoms with Gasteiger partial charge in [-0.3, -0.25) is 4.79 Å². The van der Waals surface area contributed by atoms with Crippen LogP contribution >= 0.6 is 11.6 Å². The second-order valence-corrected chi connectivity index (χ2v) is 4.55. The first kappa shape index (κ1) is 14.1. The van der Waals surface area contributed by atoms with E-state index in [4.69, 9.17) is 17.3 Å². The smallest absolute Gasteiger partial charge is 0.252 e. The number of benzene rings is 1. The molecule has 0 bridgehead atoms. The summed E-state index contributed by atoms with van der Waals surface area (Å²) in [4.78, 5) is 16.0. The summed E-state index contributed by atoms with van der Waals surface area (Å²) in [5.74, 6) is 0.522. The Bertz CT molecular complexity index is 586. The molecule has 6 heteroatoms. The Hall–Kier alpha value is -2.27. The molecule has 0 radical (unpaired) electrons. The van der Waals surface area contributed by atoms with E-state index in [1.807, 2.05) is 0 Å². The molecule has 2 rings (SSSR count). The van der Waals surface area contributed by atoms with Crippen molar-refractivity contribution in [3.63, 3.8) is 0 Å². The molecule has 1 amide bonds. The van der Waals surface area contributed by atoms with Gasteiger partial charge in [0.05, 0.1) is 22.5 Å². The van der Waals surface area contributed by atoms with E-state index in [-0.39, 0.29) is 5.91 Å². The molecule has 0 unspecified atom stereocenters. The number of nitrogens with zero attached hydrogens (tertiary/aromatic N) is 1. The molecule has 0 fully saturated rings. The highest BCUT2D eigenvalue weighted by molar-refractivity contribution is 6.33. The van der Waals surface area contributed by atoms with Crippen LogP contribution in [0.5, 0.6) is 0 Å². The van der Waals surface area contributed by atoms with E-state index in [0.717, 1.165) is 0 Å². The summed E-state index contributed by atoms with van der Waals surface area (Å²) in [6, 6.07) is 10.5. The zero-order valence-corrected chi connectivity index (χ0v) is 11.5. The maximum Gasteiger partial charge on any atom is 0.252 e. The number of halogens is 1. The highest BCUT2D eigenvalue weighted by Gasteiger charge is 2.08. The van der Waals surface area contributed by atoms with Gasteiger partial charge in [0.15, 0.2) is 0 Å². The largest absolute Gasteiger partial charge is 0.397 e. The monoisotopic (exact) mass is 290 g/mol. The zero-order valence-electron chi connectivity index (χ0n) is 10.8. The Morgan fingerprint density at radius 2 is 2.00 bits per heavy atom. The van der Waals surface area contributed by atoms with Crippen molar-refractivity contribution < 1.29 is 4.79 Å². The van der Waals surface area contributed by atoms with E-state index < -0.39 is 0 Å². The normalized spacial score (nSPS) is 10.1. The molecule has 4 N–H and O–H groups in total. The van der Waals surface area contributed by atoms with Gasteiger partial charge < -0.3 is 16.4 Å². The molecule has 0 saturated carbocycles. The van der Waals surface area contributed by atoms with Crippen molar-refractivity contribution in [2.24, 2.45) is 0 Å². The number of carbonyl (C=O) groups excluding carboxylic acids is 1. The van der Waals surface area contributed by atoms with Crippen LogP contribution in [0.3, 0.4) is 0 Å². The van der Waals surface area contributed by atoms with Gasteiger partial charge in [-0.15, -0.1) is 0 Å². The molecule has 0 aliphatic heterocycles. The molecule has 1 heterocycles. The van der Waals surface area contributed by atoms with Crippen LogP contribution in [0.15, 0.2) is 42.6 Å². The quantitative estimate of drug-likeness (QED) is 0.737. The second kappa shape index (κ2) is 6.77. The summed E-state index contributed by atoms with van der Waals surface area (Å²) in [7, 11) is 0. The van der Waals surface area contributed by atoms with E-state index in [9.17, 15) is 4.79 Å². The lowest BCUT2D eigenvalue weighted by Crippen LogP contribution is -2.29. The summed E-state index contributed by atoms with van der Waals surface area (Å²) in [6.07, 6.45) is 1.57. The molecule has 5 nitrogen and oxygen atoms in total. The number of nitrogens with one attached hydrogen (secondary N) is 2. The average molecular weight is 291 g/mol. The van der Waals surface area contributed by atoms with Crippen LogP contribution in [0.1, 0.15) is 10.4 Å². The van der Waals surface area contributed by atoms with E-state index in [2.05, 4.69) is 15.6 Å². The summed E-state index contributed by atoms with van der Waals surface area (Å²) in [5, 5.41) is 6.30. The maximum absolute atomic E-state index is 11.9. The van der Waals surface area contributed by atoms with Crippen LogP contribution in [0.25, 0.3) is 0 Å². The van der Waals surface area contributed by atoms with E-state index >= 15 is 0 Å². The third-order valence-electron chi connectivity index (χ3n) is 2.62. The molecular formula is C14H15ClN4O. The molecule has 0 saturated heterocycles. The molecule has 2 aromatic rings. The zero-order chi connectivity index (χ0) is 14.4. The number of amides is 1. The van der Waals surface area contributed by atoms with Crippen molar-refractivity contribution in [1.82, 2.24) is 10.3 Å². The topological polar surface area (TPSA) is 80.0 Å². The summed E-state index contributed by atoms with van der Waals surface area (Å²) in [6.45, 7) is 1.03. The number of anilines is 2. The molecule has 1 aromatic heterocycles. The fourth-order valence-corrected chi connectivity index (χ4v) is 1.84. The van der Waals surface area contributed by atoms with Crippen molar-refractivity contribution in [3.05, 3.63) is 53.2 Å². The van der Waals surface area contributed by atoms with Gasteiger partial charge in [-0.2, -0.15) is 0 Å². The minimum atomic E-state index is -0.192. The molecule has 20 heavy (non-hydrogen) atoms. The SMILES string of the molecule is Nc1ccc(NCCNC(=O)c2ccccc2Cl)nc1. The second-order valence-electron chi connectivity index (χ2n) is 4.14. The number of rotatable bonds is 5. The molecule has 0 spiro atoms. The van der Waals surface area contributed by atoms with Crippen molar-refractivity contribution in [2.75, 3.05) is 24.1 Å². The van der Waals surface area contributed by atoms with Crippen LogP contribution in [-0.4, -0.2) is 24.0 Å². The van der Waals surface area contributed by atoms with E-state index in [1.165, 1.54) is 0 Å². The molecule has 0 atom stereocenters. The standard InChI is InChI=1S/C14H15ClN4O/c15-12-4-2-1-3-11(12)14(20)18-8-7-17-13-6-5-10(16)9-19-13/h1-6,9H,7-8,16H2,(H,17,19)(H,18,20). The lowest BCUT2D eigenvalue weighted by Gasteiger charge is -2.08. The predicted molar refractivity (Wildman–Crippen MR) is 80.9 cm³/mol. The number of carbonyl (C=O) groups is 1. The Morgan fingerprint density at radius 3 is 2.70 bits per heavy atom. The predicted octanol–water partition coefficient (Wildman–Crippen LogP) is 2.16. The molecule has 1 aromatic carbocycles. The van der Waals surface area contributed by atoms with Gasteiger partial charge in [-0.05, 0) is 24.3 Å². The van der Waals surface area contributed by atoms with Crippen LogP contribution in [0, 0.1) is 0 Å². The lowest BCUT2D eigenvalue weighted by molar-refractivity contribution is 0.0955. The number of aromatic nitrogens is 1. The lowest BCUT2D eigenvalue weighted by atomic mass is 10.2. The Labute approximate surface area is 122 Å². The number of hydrogen-bond acceptors (Lipinski definition) is 4. The van der Waals surface area contributed by atoms with Gasteiger partial charge in [0.1, 0.15) is 5.82 Å². The Kier molecular flexibility index (Phi) is 4.79. The van der Waals surface area contributed by atoms with Gasteiger partial charge in [-0.1, -0.05) is 23.7 Å². The number of pyridine rings is 1. The van der Waals surface area contributed by atoms with E-state index in [1.54, 1.807) is 42.6 Å². The highest BCUT2D eigenvalue weighted by atomic mass is 35.5. The molecular weight excluding hydrogens is 276 g/mol. The summed E-state index contributed by atoms with van der Waals surface area (Å²) < 4.78 is 0. The fourth-order valence-electron chi connectivity index (χ4n) is 1.62. The Balaban J connectivity index is 1.77.